The Balaban J connectivity index is 1.82. The van der Waals surface area contributed by atoms with Gasteiger partial charge >= 0.3 is 0 Å². The highest BCUT2D eigenvalue weighted by Gasteiger charge is 2.22. The van der Waals surface area contributed by atoms with E-state index in [-0.39, 0.29) is 6.10 Å². The quantitative estimate of drug-likeness (QED) is 0.836. The predicted molar refractivity (Wildman–Crippen MR) is 57.0 cm³/mol. The maximum absolute atomic E-state index is 5.53. The summed E-state index contributed by atoms with van der Waals surface area (Å²) in [6.07, 6.45) is 1.60. The van der Waals surface area contributed by atoms with Crippen molar-refractivity contribution in [3.05, 3.63) is 17.5 Å². The molecule has 0 amide bonds. The molecule has 2 aromatic heterocycles. The molecule has 2 aromatic rings. The van der Waals surface area contributed by atoms with E-state index < -0.39 is 0 Å². The fourth-order valence-electron chi connectivity index (χ4n) is 1.52. The molecule has 0 bridgehead atoms. The normalized spacial score (nSPS) is 21.1. The second kappa shape index (κ2) is 4.28. The maximum Gasteiger partial charge on any atom is 0.269 e. The monoisotopic (exact) mass is 238 g/mol. The van der Waals surface area contributed by atoms with Crippen LogP contribution in [0.5, 0.6) is 0 Å². The summed E-state index contributed by atoms with van der Waals surface area (Å²) >= 11 is 1.47. The zero-order chi connectivity index (χ0) is 10.8. The van der Waals surface area contributed by atoms with Gasteiger partial charge in [0.1, 0.15) is 11.0 Å². The van der Waals surface area contributed by atoms with Crippen LogP contribution >= 0.6 is 11.3 Å². The average Bonchev–Trinajstić information content (AvgIpc) is 3.01. The van der Waals surface area contributed by atoms with E-state index in [4.69, 9.17) is 9.26 Å². The van der Waals surface area contributed by atoms with Crippen LogP contribution in [-0.4, -0.2) is 34.8 Å². The van der Waals surface area contributed by atoms with Crippen LogP contribution in [0.15, 0.2) is 16.2 Å². The molecule has 1 atom stereocenters. The molecule has 3 heterocycles. The van der Waals surface area contributed by atoms with Crippen LogP contribution in [0.3, 0.4) is 0 Å². The number of hydrogen-bond acceptors (Lipinski definition) is 7. The molecule has 0 aromatic carbocycles. The third-order valence-electron chi connectivity index (χ3n) is 2.30. The first-order valence-electron chi connectivity index (χ1n) is 4.98. The lowest BCUT2D eigenvalue weighted by Gasteiger charge is -2.20. The molecule has 1 saturated heterocycles. The first-order valence-corrected chi connectivity index (χ1v) is 5.86. The third kappa shape index (κ3) is 1.84. The van der Waals surface area contributed by atoms with E-state index in [0.717, 1.165) is 18.0 Å². The summed E-state index contributed by atoms with van der Waals surface area (Å²) in [7, 11) is 0. The Hall–Kier alpha value is -1.31. The number of rotatable bonds is 2. The molecule has 1 aliphatic heterocycles. The SMILES string of the molecule is c1ncc(-c2nc(C3CNCCO3)no2)s1. The van der Waals surface area contributed by atoms with Gasteiger partial charge < -0.3 is 14.6 Å². The summed E-state index contributed by atoms with van der Waals surface area (Å²) in [4.78, 5) is 9.15. The van der Waals surface area contributed by atoms with Gasteiger partial charge in [-0.25, -0.2) is 0 Å². The predicted octanol–water partition coefficient (Wildman–Crippen LogP) is 0.854. The minimum Gasteiger partial charge on any atom is -0.367 e. The van der Waals surface area contributed by atoms with Gasteiger partial charge in [-0.1, -0.05) is 5.16 Å². The largest absolute Gasteiger partial charge is 0.367 e. The molecule has 1 aliphatic rings. The Morgan fingerprint density at radius 3 is 3.25 bits per heavy atom. The van der Waals surface area contributed by atoms with Crippen molar-refractivity contribution in [3.63, 3.8) is 0 Å². The van der Waals surface area contributed by atoms with E-state index in [1.165, 1.54) is 11.3 Å². The Morgan fingerprint density at radius 1 is 1.50 bits per heavy atom. The lowest BCUT2D eigenvalue weighted by Crippen LogP contribution is -2.33. The van der Waals surface area contributed by atoms with Crippen LogP contribution in [0, 0.1) is 0 Å². The summed E-state index contributed by atoms with van der Waals surface area (Å²) in [6, 6.07) is 0. The van der Waals surface area contributed by atoms with Crippen LogP contribution in [0.25, 0.3) is 10.8 Å². The second-order valence-corrected chi connectivity index (χ2v) is 4.27. The standard InChI is InChI=1S/C9H10N4O2S/c1-2-14-6(3-10-1)8-12-9(15-13-8)7-4-11-5-16-7/h4-6,10H,1-3H2. The smallest absolute Gasteiger partial charge is 0.269 e. The molecule has 0 radical (unpaired) electrons. The number of morpholine rings is 1. The number of thiazole rings is 1. The van der Waals surface area contributed by atoms with Gasteiger partial charge in [0, 0.05) is 13.1 Å². The molecule has 3 rings (SSSR count). The van der Waals surface area contributed by atoms with Gasteiger partial charge in [-0.3, -0.25) is 4.98 Å². The first kappa shape index (κ1) is 9.88. The Kier molecular flexibility index (Phi) is 2.65. The molecular formula is C9H10N4O2S. The highest BCUT2D eigenvalue weighted by molar-refractivity contribution is 7.13. The lowest BCUT2D eigenvalue weighted by atomic mass is 10.3. The number of nitrogens with zero attached hydrogens (tertiary/aromatic N) is 3. The molecule has 1 unspecified atom stereocenters. The fraction of sp³-hybridized carbons (Fsp3) is 0.444. The molecule has 6 nitrogen and oxygen atoms in total. The fourth-order valence-corrected chi connectivity index (χ4v) is 2.06. The average molecular weight is 238 g/mol. The minimum absolute atomic E-state index is 0.112. The van der Waals surface area contributed by atoms with Crippen molar-refractivity contribution >= 4 is 11.3 Å². The second-order valence-electron chi connectivity index (χ2n) is 3.39. The first-order chi connectivity index (χ1) is 7.93. The van der Waals surface area contributed by atoms with Gasteiger partial charge in [0.2, 0.25) is 5.82 Å². The molecular weight excluding hydrogens is 228 g/mol. The number of aromatic nitrogens is 3. The minimum atomic E-state index is -0.112. The van der Waals surface area contributed by atoms with Gasteiger partial charge in [-0.05, 0) is 0 Å². The van der Waals surface area contributed by atoms with Crippen molar-refractivity contribution in [2.75, 3.05) is 19.7 Å². The summed E-state index contributed by atoms with van der Waals surface area (Å²) in [5.74, 6) is 1.10. The summed E-state index contributed by atoms with van der Waals surface area (Å²) in [5.41, 5.74) is 1.73. The number of ether oxygens (including phenoxy) is 1. The number of nitrogens with one attached hydrogen (secondary N) is 1. The molecule has 1 fully saturated rings. The van der Waals surface area contributed by atoms with Gasteiger partial charge in [-0.15, -0.1) is 11.3 Å². The highest BCUT2D eigenvalue weighted by Crippen LogP contribution is 2.23. The van der Waals surface area contributed by atoms with Gasteiger partial charge in [-0.2, -0.15) is 4.98 Å². The molecule has 0 saturated carbocycles. The van der Waals surface area contributed by atoms with E-state index in [2.05, 4.69) is 20.4 Å². The van der Waals surface area contributed by atoms with E-state index in [1.54, 1.807) is 11.7 Å². The molecule has 84 valence electrons. The van der Waals surface area contributed by atoms with E-state index in [1.807, 2.05) is 0 Å². The van der Waals surface area contributed by atoms with Gasteiger partial charge in [0.05, 0.1) is 18.3 Å². The zero-order valence-corrected chi connectivity index (χ0v) is 9.24. The Morgan fingerprint density at radius 2 is 2.50 bits per heavy atom. The van der Waals surface area contributed by atoms with Crippen molar-refractivity contribution in [3.8, 4) is 10.8 Å². The van der Waals surface area contributed by atoms with Gasteiger partial charge in [0.25, 0.3) is 5.89 Å². The van der Waals surface area contributed by atoms with Crippen molar-refractivity contribution in [1.29, 1.82) is 0 Å². The Bertz CT molecular complexity index is 450. The van der Waals surface area contributed by atoms with E-state index in [0.29, 0.717) is 18.3 Å². The van der Waals surface area contributed by atoms with Crippen LogP contribution < -0.4 is 5.32 Å². The van der Waals surface area contributed by atoms with Crippen molar-refractivity contribution in [2.24, 2.45) is 0 Å². The van der Waals surface area contributed by atoms with Crippen LogP contribution in [0.1, 0.15) is 11.9 Å². The van der Waals surface area contributed by atoms with E-state index >= 15 is 0 Å². The summed E-state index contributed by atoms with van der Waals surface area (Å²) in [6.45, 7) is 2.27. The van der Waals surface area contributed by atoms with Crippen molar-refractivity contribution < 1.29 is 9.26 Å². The van der Waals surface area contributed by atoms with Crippen molar-refractivity contribution in [1.82, 2.24) is 20.4 Å². The zero-order valence-electron chi connectivity index (χ0n) is 8.42. The molecule has 0 spiro atoms. The van der Waals surface area contributed by atoms with E-state index in [9.17, 15) is 0 Å². The Labute approximate surface area is 95.7 Å². The summed E-state index contributed by atoms with van der Waals surface area (Å²) in [5, 5.41) is 7.14. The summed E-state index contributed by atoms with van der Waals surface area (Å²) < 4.78 is 10.7. The molecule has 7 heteroatoms. The highest BCUT2D eigenvalue weighted by atomic mass is 32.1. The number of hydrogen-bond donors (Lipinski definition) is 1. The molecule has 0 aliphatic carbocycles. The van der Waals surface area contributed by atoms with Crippen LogP contribution in [-0.2, 0) is 4.74 Å². The van der Waals surface area contributed by atoms with Gasteiger partial charge in [0.15, 0.2) is 0 Å². The molecule has 1 N–H and O–H groups in total. The van der Waals surface area contributed by atoms with Crippen molar-refractivity contribution in [2.45, 2.75) is 6.10 Å². The van der Waals surface area contributed by atoms with Crippen LogP contribution in [0.2, 0.25) is 0 Å². The third-order valence-corrected chi connectivity index (χ3v) is 3.06. The molecule has 16 heavy (non-hydrogen) atoms. The topological polar surface area (TPSA) is 73.1 Å². The van der Waals surface area contributed by atoms with Crippen LogP contribution in [0.4, 0.5) is 0 Å². The maximum atomic E-state index is 5.53. The lowest BCUT2D eigenvalue weighted by molar-refractivity contribution is 0.0208.